The molecule has 3 aromatic rings. The van der Waals surface area contributed by atoms with Gasteiger partial charge in [-0.05, 0) is 82.0 Å². The first kappa shape index (κ1) is 19.9. The largest absolute Gasteiger partial charge is 0.338 e. The number of hydrogen-bond donors (Lipinski definition) is 0. The summed E-state index contributed by atoms with van der Waals surface area (Å²) in [6.07, 6.45) is 0. The molecule has 4 heteroatoms. The predicted molar refractivity (Wildman–Crippen MR) is 115 cm³/mol. The maximum Gasteiger partial charge on any atom is 0.272 e. The summed E-state index contributed by atoms with van der Waals surface area (Å²) in [5.74, 6) is 0.00786. The first-order chi connectivity index (χ1) is 13.3. The Labute approximate surface area is 167 Å². The standard InChI is InChI=1S/C24H29N3O/c1-7-26(8-2)24(28)23-15-21(20-12-11-17(4)19(6)14-20)25-27(23)22-13-16(3)9-10-18(22)5/h9-15H,7-8H2,1-6H3. The highest BCUT2D eigenvalue weighted by Crippen LogP contribution is 2.26. The topological polar surface area (TPSA) is 38.1 Å². The SMILES string of the molecule is CCN(CC)C(=O)c1cc(-c2ccc(C)c(C)c2)nn1-c1cc(C)ccc1C. The van der Waals surface area contributed by atoms with Gasteiger partial charge in [0.05, 0.1) is 11.4 Å². The Balaban J connectivity index is 2.21. The average molecular weight is 376 g/mol. The molecule has 28 heavy (non-hydrogen) atoms. The van der Waals surface area contributed by atoms with Crippen molar-refractivity contribution in [3.63, 3.8) is 0 Å². The Kier molecular flexibility index (Phi) is 5.68. The lowest BCUT2D eigenvalue weighted by Gasteiger charge is -2.19. The molecule has 4 nitrogen and oxygen atoms in total. The number of amides is 1. The van der Waals surface area contributed by atoms with Crippen molar-refractivity contribution < 1.29 is 4.79 Å². The first-order valence-corrected chi connectivity index (χ1v) is 9.90. The second kappa shape index (κ2) is 8.01. The number of aromatic nitrogens is 2. The van der Waals surface area contributed by atoms with Crippen LogP contribution in [0.5, 0.6) is 0 Å². The molecule has 0 N–H and O–H groups in total. The maximum absolute atomic E-state index is 13.2. The van der Waals surface area contributed by atoms with E-state index in [0.29, 0.717) is 18.8 Å². The van der Waals surface area contributed by atoms with Gasteiger partial charge in [0.2, 0.25) is 0 Å². The molecule has 3 rings (SSSR count). The van der Waals surface area contributed by atoms with Crippen molar-refractivity contribution >= 4 is 5.91 Å². The molecule has 0 aliphatic heterocycles. The summed E-state index contributed by atoms with van der Waals surface area (Å²) in [4.78, 5) is 15.1. The smallest absolute Gasteiger partial charge is 0.272 e. The zero-order valence-corrected chi connectivity index (χ0v) is 17.7. The summed E-state index contributed by atoms with van der Waals surface area (Å²) in [5, 5.41) is 4.86. The lowest BCUT2D eigenvalue weighted by molar-refractivity contribution is 0.0764. The number of carbonyl (C=O) groups is 1. The summed E-state index contributed by atoms with van der Waals surface area (Å²) < 4.78 is 1.81. The Morgan fingerprint density at radius 1 is 0.893 bits per heavy atom. The van der Waals surface area contributed by atoms with Crippen LogP contribution in [-0.2, 0) is 0 Å². The van der Waals surface area contributed by atoms with Crippen LogP contribution in [-0.4, -0.2) is 33.7 Å². The molecule has 1 amide bonds. The van der Waals surface area contributed by atoms with E-state index in [-0.39, 0.29) is 5.91 Å². The fourth-order valence-corrected chi connectivity index (χ4v) is 3.38. The van der Waals surface area contributed by atoms with Crippen LogP contribution in [0.15, 0.2) is 42.5 Å². The molecular formula is C24H29N3O. The van der Waals surface area contributed by atoms with Crippen molar-refractivity contribution in [2.45, 2.75) is 41.5 Å². The number of carbonyl (C=O) groups excluding carboxylic acids is 1. The van der Waals surface area contributed by atoms with Crippen LogP contribution in [0.1, 0.15) is 46.6 Å². The van der Waals surface area contributed by atoms with Crippen LogP contribution in [0.3, 0.4) is 0 Å². The molecule has 146 valence electrons. The van der Waals surface area contributed by atoms with E-state index < -0.39 is 0 Å². The summed E-state index contributed by atoms with van der Waals surface area (Å²) in [6, 6.07) is 14.5. The molecule has 0 atom stereocenters. The van der Waals surface area contributed by atoms with E-state index in [2.05, 4.69) is 64.1 Å². The van der Waals surface area contributed by atoms with Gasteiger partial charge >= 0.3 is 0 Å². The molecule has 0 aliphatic rings. The van der Waals surface area contributed by atoms with Gasteiger partial charge in [-0.25, -0.2) is 4.68 Å². The lowest BCUT2D eigenvalue weighted by Crippen LogP contribution is -2.32. The van der Waals surface area contributed by atoms with Crippen LogP contribution < -0.4 is 0 Å². The van der Waals surface area contributed by atoms with Crippen LogP contribution in [0.4, 0.5) is 0 Å². The van der Waals surface area contributed by atoms with Gasteiger partial charge in [0.1, 0.15) is 5.69 Å². The van der Waals surface area contributed by atoms with Crippen molar-refractivity contribution in [2.75, 3.05) is 13.1 Å². The zero-order valence-electron chi connectivity index (χ0n) is 17.7. The van der Waals surface area contributed by atoms with Gasteiger partial charge < -0.3 is 4.90 Å². The van der Waals surface area contributed by atoms with E-state index in [9.17, 15) is 4.79 Å². The van der Waals surface area contributed by atoms with Crippen molar-refractivity contribution in [3.8, 4) is 16.9 Å². The van der Waals surface area contributed by atoms with Gasteiger partial charge in [0.15, 0.2) is 0 Å². The molecule has 0 spiro atoms. The molecule has 0 aliphatic carbocycles. The van der Waals surface area contributed by atoms with E-state index in [4.69, 9.17) is 5.10 Å². The molecule has 2 aromatic carbocycles. The van der Waals surface area contributed by atoms with E-state index in [1.165, 1.54) is 11.1 Å². The van der Waals surface area contributed by atoms with Crippen LogP contribution in [0.25, 0.3) is 16.9 Å². The van der Waals surface area contributed by atoms with Crippen molar-refractivity contribution in [1.29, 1.82) is 0 Å². The molecule has 0 radical (unpaired) electrons. The van der Waals surface area contributed by atoms with Crippen molar-refractivity contribution in [3.05, 3.63) is 70.4 Å². The van der Waals surface area contributed by atoms with Gasteiger partial charge in [0, 0.05) is 18.7 Å². The van der Waals surface area contributed by atoms with Gasteiger partial charge in [-0.3, -0.25) is 4.79 Å². The Hall–Kier alpha value is -2.88. The van der Waals surface area contributed by atoms with Gasteiger partial charge in [-0.1, -0.05) is 24.3 Å². The summed E-state index contributed by atoms with van der Waals surface area (Å²) in [6.45, 7) is 13.7. The number of rotatable bonds is 5. The first-order valence-electron chi connectivity index (χ1n) is 9.90. The Morgan fingerprint density at radius 3 is 2.21 bits per heavy atom. The minimum atomic E-state index is 0.00786. The number of hydrogen-bond acceptors (Lipinski definition) is 2. The van der Waals surface area contributed by atoms with E-state index in [1.54, 1.807) is 0 Å². The quantitative estimate of drug-likeness (QED) is 0.610. The zero-order chi connectivity index (χ0) is 20.4. The molecule has 0 unspecified atom stereocenters. The number of aryl methyl sites for hydroxylation is 4. The van der Waals surface area contributed by atoms with E-state index >= 15 is 0 Å². The predicted octanol–water partition coefficient (Wildman–Crippen LogP) is 5.25. The summed E-state index contributed by atoms with van der Waals surface area (Å²) >= 11 is 0. The normalized spacial score (nSPS) is 10.9. The van der Waals surface area contributed by atoms with Crippen LogP contribution in [0, 0.1) is 27.7 Å². The Morgan fingerprint density at radius 2 is 1.57 bits per heavy atom. The number of benzene rings is 2. The fraction of sp³-hybridized carbons (Fsp3) is 0.333. The molecule has 1 heterocycles. The fourth-order valence-electron chi connectivity index (χ4n) is 3.38. The van der Waals surface area contributed by atoms with Crippen LogP contribution in [0.2, 0.25) is 0 Å². The summed E-state index contributed by atoms with van der Waals surface area (Å²) in [7, 11) is 0. The van der Waals surface area contributed by atoms with Gasteiger partial charge in [-0.15, -0.1) is 0 Å². The molecule has 0 bridgehead atoms. The minimum Gasteiger partial charge on any atom is -0.338 e. The highest BCUT2D eigenvalue weighted by molar-refractivity contribution is 5.94. The third-order valence-corrected chi connectivity index (χ3v) is 5.37. The summed E-state index contributed by atoms with van der Waals surface area (Å²) in [5.41, 5.74) is 8.10. The second-order valence-corrected chi connectivity index (χ2v) is 7.39. The maximum atomic E-state index is 13.2. The highest BCUT2D eigenvalue weighted by atomic mass is 16.2. The highest BCUT2D eigenvalue weighted by Gasteiger charge is 2.22. The molecule has 0 saturated carbocycles. The lowest BCUT2D eigenvalue weighted by atomic mass is 10.0. The minimum absolute atomic E-state index is 0.00786. The van der Waals surface area contributed by atoms with Gasteiger partial charge in [0.25, 0.3) is 5.91 Å². The Bertz CT molecular complexity index is 1010. The molecule has 0 fully saturated rings. The van der Waals surface area contributed by atoms with Crippen LogP contribution >= 0.6 is 0 Å². The third kappa shape index (κ3) is 3.72. The second-order valence-electron chi connectivity index (χ2n) is 7.39. The molecular weight excluding hydrogens is 346 g/mol. The monoisotopic (exact) mass is 375 g/mol. The van der Waals surface area contributed by atoms with E-state index in [1.807, 2.05) is 29.5 Å². The van der Waals surface area contributed by atoms with Gasteiger partial charge in [-0.2, -0.15) is 5.10 Å². The third-order valence-electron chi connectivity index (χ3n) is 5.37. The average Bonchev–Trinajstić information content (AvgIpc) is 3.12. The molecule has 0 saturated heterocycles. The van der Waals surface area contributed by atoms with Crippen molar-refractivity contribution in [2.24, 2.45) is 0 Å². The number of nitrogens with zero attached hydrogens (tertiary/aromatic N) is 3. The van der Waals surface area contributed by atoms with Crippen molar-refractivity contribution in [1.82, 2.24) is 14.7 Å². The molecule has 1 aromatic heterocycles. The van der Waals surface area contributed by atoms with E-state index in [0.717, 1.165) is 28.1 Å².